The minimum Gasteiger partial charge on any atom is -0.334 e. The summed E-state index contributed by atoms with van der Waals surface area (Å²) in [5.41, 5.74) is 1.51. The van der Waals surface area contributed by atoms with Crippen LogP contribution in [0.2, 0.25) is 0 Å². The maximum Gasteiger partial charge on any atom is 0.256 e. The lowest BCUT2D eigenvalue weighted by Crippen LogP contribution is -2.39. The van der Waals surface area contributed by atoms with E-state index in [0.29, 0.717) is 41.2 Å². The second-order valence-corrected chi connectivity index (χ2v) is 6.33. The van der Waals surface area contributed by atoms with Gasteiger partial charge in [0.05, 0.1) is 17.8 Å². The third-order valence-corrected chi connectivity index (χ3v) is 4.55. The summed E-state index contributed by atoms with van der Waals surface area (Å²) >= 11 is 0. The van der Waals surface area contributed by atoms with E-state index in [1.807, 2.05) is 0 Å². The number of hydrogen-bond donors (Lipinski definition) is 1. The van der Waals surface area contributed by atoms with Gasteiger partial charge in [0.2, 0.25) is 0 Å². The molecule has 1 amide bonds. The van der Waals surface area contributed by atoms with Crippen molar-refractivity contribution >= 4 is 5.91 Å². The van der Waals surface area contributed by atoms with Gasteiger partial charge in [-0.05, 0) is 36.4 Å². The smallest absolute Gasteiger partial charge is 0.256 e. The normalized spacial score (nSPS) is 13.3. The SMILES string of the molecule is O=C(c1ccc(F)cc1)N1CCc2nc(-c3cccc(F)c3)[nH]c(=O)c2C1. The highest BCUT2D eigenvalue weighted by atomic mass is 19.1. The number of benzene rings is 2. The van der Waals surface area contributed by atoms with Crippen molar-refractivity contribution in [2.75, 3.05) is 6.54 Å². The van der Waals surface area contributed by atoms with Crippen LogP contribution in [0.1, 0.15) is 21.6 Å². The number of nitrogens with zero attached hydrogens (tertiary/aromatic N) is 2. The number of hydrogen-bond acceptors (Lipinski definition) is 3. The van der Waals surface area contributed by atoms with Crippen LogP contribution in [0.5, 0.6) is 0 Å². The van der Waals surface area contributed by atoms with Gasteiger partial charge in [-0.3, -0.25) is 9.59 Å². The van der Waals surface area contributed by atoms with Gasteiger partial charge in [-0.2, -0.15) is 0 Å². The van der Waals surface area contributed by atoms with E-state index in [1.165, 1.54) is 41.3 Å². The summed E-state index contributed by atoms with van der Waals surface area (Å²) in [5, 5.41) is 0. The number of aromatic amines is 1. The number of amides is 1. The Morgan fingerprint density at radius 1 is 1.07 bits per heavy atom. The van der Waals surface area contributed by atoms with Crippen LogP contribution in [0, 0.1) is 11.6 Å². The van der Waals surface area contributed by atoms with Crippen molar-refractivity contribution in [3.63, 3.8) is 0 Å². The van der Waals surface area contributed by atoms with Crippen LogP contribution in [0.4, 0.5) is 8.78 Å². The van der Waals surface area contributed by atoms with Crippen molar-refractivity contribution in [3.05, 3.63) is 87.3 Å². The highest BCUT2D eigenvalue weighted by molar-refractivity contribution is 5.94. The summed E-state index contributed by atoms with van der Waals surface area (Å²) < 4.78 is 26.5. The molecule has 1 aliphatic heterocycles. The number of H-pyrrole nitrogens is 1. The monoisotopic (exact) mass is 367 g/mol. The molecule has 0 unspecified atom stereocenters. The Morgan fingerprint density at radius 3 is 2.59 bits per heavy atom. The first-order chi connectivity index (χ1) is 13.0. The first-order valence-electron chi connectivity index (χ1n) is 8.44. The molecule has 3 aromatic rings. The molecule has 0 aliphatic carbocycles. The fourth-order valence-electron chi connectivity index (χ4n) is 3.15. The average Bonchev–Trinajstić information content (AvgIpc) is 2.68. The van der Waals surface area contributed by atoms with Crippen molar-refractivity contribution < 1.29 is 13.6 Å². The lowest BCUT2D eigenvalue weighted by atomic mass is 10.0. The van der Waals surface area contributed by atoms with E-state index in [2.05, 4.69) is 9.97 Å². The summed E-state index contributed by atoms with van der Waals surface area (Å²) in [7, 11) is 0. The molecule has 0 radical (unpaired) electrons. The summed E-state index contributed by atoms with van der Waals surface area (Å²) in [6.45, 7) is 0.513. The summed E-state index contributed by atoms with van der Waals surface area (Å²) in [6.07, 6.45) is 0.411. The predicted octanol–water partition coefficient (Wildman–Crippen LogP) is 2.91. The summed E-state index contributed by atoms with van der Waals surface area (Å²) in [5.74, 6) is -0.796. The maximum absolute atomic E-state index is 13.4. The third-order valence-electron chi connectivity index (χ3n) is 4.55. The van der Waals surface area contributed by atoms with Gasteiger partial charge in [0.25, 0.3) is 11.5 Å². The molecule has 1 aliphatic rings. The zero-order chi connectivity index (χ0) is 19.0. The van der Waals surface area contributed by atoms with Crippen molar-refractivity contribution in [2.45, 2.75) is 13.0 Å². The molecule has 0 bridgehead atoms. The molecule has 2 heterocycles. The molecular weight excluding hydrogens is 352 g/mol. The van der Waals surface area contributed by atoms with Crippen LogP contribution in [0.3, 0.4) is 0 Å². The Balaban J connectivity index is 1.63. The number of nitrogens with one attached hydrogen (secondary N) is 1. The molecule has 0 saturated carbocycles. The largest absolute Gasteiger partial charge is 0.334 e. The number of fused-ring (bicyclic) bond motifs is 1. The fraction of sp³-hybridized carbons (Fsp3) is 0.150. The number of aromatic nitrogens is 2. The minimum absolute atomic E-state index is 0.122. The quantitative estimate of drug-likeness (QED) is 0.757. The molecule has 0 spiro atoms. The molecule has 2 aromatic carbocycles. The van der Waals surface area contributed by atoms with Crippen molar-refractivity contribution in [3.8, 4) is 11.4 Å². The number of rotatable bonds is 2. The maximum atomic E-state index is 13.4. The van der Waals surface area contributed by atoms with E-state index < -0.39 is 11.6 Å². The Labute approximate surface area is 153 Å². The van der Waals surface area contributed by atoms with Crippen LogP contribution in [-0.4, -0.2) is 27.3 Å². The van der Waals surface area contributed by atoms with Gasteiger partial charge >= 0.3 is 0 Å². The van der Waals surface area contributed by atoms with Gasteiger partial charge < -0.3 is 9.88 Å². The van der Waals surface area contributed by atoms with Crippen molar-refractivity contribution in [1.82, 2.24) is 14.9 Å². The number of carbonyl (C=O) groups excluding carboxylic acids is 1. The Morgan fingerprint density at radius 2 is 1.85 bits per heavy atom. The topological polar surface area (TPSA) is 66.1 Å². The lowest BCUT2D eigenvalue weighted by Gasteiger charge is -2.28. The second-order valence-electron chi connectivity index (χ2n) is 6.33. The van der Waals surface area contributed by atoms with Gasteiger partial charge in [0.15, 0.2) is 0 Å². The van der Waals surface area contributed by atoms with Crippen molar-refractivity contribution in [1.29, 1.82) is 0 Å². The van der Waals surface area contributed by atoms with Crippen LogP contribution in [0.15, 0.2) is 53.3 Å². The predicted molar refractivity (Wildman–Crippen MR) is 95.1 cm³/mol. The molecule has 1 aromatic heterocycles. The summed E-state index contributed by atoms with van der Waals surface area (Å²) in [6, 6.07) is 11.1. The fourth-order valence-corrected chi connectivity index (χ4v) is 3.15. The second kappa shape index (κ2) is 6.75. The molecular formula is C20H15F2N3O2. The number of carbonyl (C=O) groups is 1. The Bertz CT molecular complexity index is 1080. The minimum atomic E-state index is -0.416. The van der Waals surface area contributed by atoms with Gasteiger partial charge in [0.1, 0.15) is 17.5 Å². The average molecular weight is 367 g/mol. The highest BCUT2D eigenvalue weighted by Crippen LogP contribution is 2.20. The number of halogens is 2. The first kappa shape index (κ1) is 17.1. The Kier molecular flexibility index (Phi) is 4.27. The molecule has 0 saturated heterocycles. The van der Waals surface area contributed by atoms with Crippen LogP contribution >= 0.6 is 0 Å². The van der Waals surface area contributed by atoms with Crippen molar-refractivity contribution in [2.24, 2.45) is 0 Å². The standard InChI is InChI=1S/C20H15F2N3O2/c21-14-6-4-12(5-7-14)20(27)25-9-8-17-16(11-25)19(26)24-18(23-17)13-2-1-3-15(22)10-13/h1-7,10H,8-9,11H2,(H,23,24,26). The van der Waals surface area contributed by atoms with Crippen LogP contribution in [0.25, 0.3) is 11.4 Å². The van der Waals surface area contributed by atoms with Crippen LogP contribution < -0.4 is 5.56 Å². The molecule has 1 N–H and O–H groups in total. The third kappa shape index (κ3) is 3.36. The molecule has 7 heteroatoms. The molecule has 27 heavy (non-hydrogen) atoms. The molecule has 0 fully saturated rings. The molecule has 4 rings (SSSR count). The van der Waals surface area contributed by atoms with Gasteiger partial charge in [0, 0.05) is 24.1 Å². The Hall–Kier alpha value is -3.35. The van der Waals surface area contributed by atoms with Crippen LogP contribution in [-0.2, 0) is 13.0 Å². The lowest BCUT2D eigenvalue weighted by molar-refractivity contribution is 0.0732. The van der Waals surface area contributed by atoms with E-state index in [9.17, 15) is 18.4 Å². The van der Waals surface area contributed by atoms with E-state index in [1.54, 1.807) is 12.1 Å². The van der Waals surface area contributed by atoms with Gasteiger partial charge in [-0.15, -0.1) is 0 Å². The van der Waals surface area contributed by atoms with Gasteiger partial charge in [-0.1, -0.05) is 12.1 Å². The van der Waals surface area contributed by atoms with Gasteiger partial charge in [-0.25, -0.2) is 13.8 Å². The molecule has 5 nitrogen and oxygen atoms in total. The first-order valence-corrected chi connectivity index (χ1v) is 8.44. The molecule has 136 valence electrons. The molecule has 0 atom stereocenters. The van der Waals surface area contributed by atoms with E-state index in [4.69, 9.17) is 0 Å². The summed E-state index contributed by atoms with van der Waals surface area (Å²) in [4.78, 5) is 33.8. The zero-order valence-corrected chi connectivity index (χ0v) is 14.2. The highest BCUT2D eigenvalue weighted by Gasteiger charge is 2.25. The van der Waals surface area contributed by atoms with E-state index >= 15 is 0 Å². The van der Waals surface area contributed by atoms with E-state index in [-0.39, 0.29) is 18.0 Å². The van der Waals surface area contributed by atoms with E-state index in [0.717, 1.165) is 0 Å². The zero-order valence-electron chi connectivity index (χ0n) is 14.2.